The van der Waals surface area contributed by atoms with Gasteiger partial charge in [-0.05, 0) is 180 Å². The van der Waals surface area contributed by atoms with E-state index in [1.807, 2.05) is 154 Å². The molecule has 5 aromatic carbocycles. The zero-order valence-corrected chi connectivity index (χ0v) is 61.8. The topological polar surface area (TPSA) is 238 Å². The highest BCUT2D eigenvalue weighted by Gasteiger charge is 2.18. The first kappa shape index (κ1) is 83.7. The quantitative estimate of drug-likeness (QED) is 0.0270. The second-order valence-electron chi connectivity index (χ2n) is 28.1. The fraction of sp³-hybridized carbons (Fsp3) is 0.538. The largest absolute Gasteiger partial charge is 0.444 e. The Bertz CT molecular complexity index is 3050. The molecule has 0 radical (unpaired) electrons. The number of hydrogen-bond acceptors (Lipinski definition) is 13. The van der Waals surface area contributed by atoms with Crippen LogP contribution in [0, 0.1) is 0 Å². The Kier molecular flexibility index (Phi) is 38.3. The number of nitrogens with one attached hydrogen (secondary N) is 6. The number of nitrogens with two attached hydrogens (primary N) is 1. The molecule has 0 aliphatic carbocycles. The smallest absolute Gasteiger partial charge is 0.407 e. The van der Waals surface area contributed by atoms with Crippen molar-refractivity contribution in [3.05, 3.63) is 177 Å². The summed E-state index contributed by atoms with van der Waals surface area (Å²) in [6.45, 7) is 43.7. The van der Waals surface area contributed by atoms with Crippen molar-refractivity contribution in [1.82, 2.24) is 46.6 Å². The SMILES string of the molecule is CC(C)c1ccc(C(=O)NCC(C)(C)N)cc1.CC(C)c1ccc(C(=O)NCCCN2CCOCC2)cc1.CC(C)c1ccc(C(=O)NCCN(C)C)cc1.CC(C)c1ccc(C(=O)NCCN2CCOCC2)cc1.CC(C)c1ccc(C(=O)NCCNC(=O)OC(C)(C)C)cc1. The van der Waals surface area contributed by atoms with Crippen molar-refractivity contribution in [3.8, 4) is 0 Å². The lowest BCUT2D eigenvalue weighted by Crippen LogP contribution is -2.45. The summed E-state index contributed by atoms with van der Waals surface area (Å²) in [7, 11) is 3.98. The van der Waals surface area contributed by atoms with E-state index in [0.29, 0.717) is 73.4 Å². The molecule has 0 atom stereocenters. The third kappa shape index (κ3) is 36.1. The minimum atomic E-state index is -0.522. The van der Waals surface area contributed by atoms with Gasteiger partial charge in [-0.25, -0.2) is 4.79 Å². The molecule has 2 fully saturated rings. The maximum atomic E-state index is 12.0. The van der Waals surface area contributed by atoms with E-state index < -0.39 is 11.7 Å². The highest BCUT2D eigenvalue weighted by molar-refractivity contribution is 5.96. The van der Waals surface area contributed by atoms with Crippen LogP contribution in [0.25, 0.3) is 0 Å². The average Bonchev–Trinajstić information content (AvgIpc) is 1.31. The third-order valence-corrected chi connectivity index (χ3v) is 15.7. The molecular weight excluding hydrogens is 1220 g/mol. The normalized spacial score (nSPS) is 13.4. The lowest BCUT2D eigenvalue weighted by molar-refractivity contribution is 0.0374. The molecule has 2 saturated heterocycles. The molecule has 5 aromatic rings. The highest BCUT2D eigenvalue weighted by atomic mass is 16.6. The summed E-state index contributed by atoms with van der Waals surface area (Å²) >= 11 is 0. The van der Waals surface area contributed by atoms with Crippen molar-refractivity contribution in [3.63, 3.8) is 0 Å². The van der Waals surface area contributed by atoms with Gasteiger partial charge in [-0.2, -0.15) is 0 Å². The Hall–Kier alpha value is -7.52. The monoisotopic (exact) mass is 1340 g/mol. The third-order valence-electron chi connectivity index (χ3n) is 15.7. The summed E-state index contributed by atoms with van der Waals surface area (Å²) in [6, 6.07) is 38.8. The van der Waals surface area contributed by atoms with Crippen LogP contribution in [0.15, 0.2) is 121 Å². The molecular formula is C78H120N10O9. The summed E-state index contributed by atoms with van der Waals surface area (Å²) in [6.07, 6.45) is 0.499. The van der Waals surface area contributed by atoms with Gasteiger partial charge in [0, 0.05) is 112 Å². The molecule has 8 N–H and O–H groups in total. The molecule has 2 heterocycles. The summed E-state index contributed by atoms with van der Waals surface area (Å²) in [4.78, 5) is 77.7. The second kappa shape index (κ2) is 44.4. The number of likely N-dealkylation sites (N-methyl/N-ethyl adjacent to an activating group) is 1. The average molecular weight is 1340 g/mol. The Morgan fingerprint density at radius 3 is 0.990 bits per heavy atom. The molecule has 6 amide bonds. The number of ether oxygens (including phenoxy) is 3. The van der Waals surface area contributed by atoms with Gasteiger partial charge < -0.3 is 56.7 Å². The van der Waals surface area contributed by atoms with Crippen molar-refractivity contribution >= 4 is 35.6 Å². The fourth-order valence-corrected chi connectivity index (χ4v) is 9.44. The van der Waals surface area contributed by atoms with Crippen LogP contribution in [0.3, 0.4) is 0 Å². The number of carbonyl (C=O) groups is 6. The lowest BCUT2D eigenvalue weighted by atomic mass is 10.0. The van der Waals surface area contributed by atoms with Crippen LogP contribution in [0.2, 0.25) is 0 Å². The summed E-state index contributed by atoms with van der Waals surface area (Å²) in [5, 5.41) is 17.0. The van der Waals surface area contributed by atoms with Crippen LogP contribution >= 0.6 is 0 Å². The lowest BCUT2D eigenvalue weighted by Gasteiger charge is -2.26. The number of morpholine rings is 2. The van der Waals surface area contributed by atoms with Gasteiger partial charge >= 0.3 is 6.09 Å². The van der Waals surface area contributed by atoms with E-state index in [0.717, 1.165) is 102 Å². The molecule has 19 nitrogen and oxygen atoms in total. The van der Waals surface area contributed by atoms with Crippen molar-refractivity contribution < 1.29 is 43.0 Å². The summed E-state index contributed by atoms with van der Waals surface area (Å²) in [5.74, 6) is 2.22. The minimum absolute atomic E-state index is 0.00200. The molecule has 0 aromatic heterocycles. The van der Waals surface area contributed by atoms with E-state index in [1.54, 1.807) is 20.8 Å². The molecule has 2 aliphatic heterocycles. The van der Waals surface area contributed by atoms with Gasteiger partial charge in [0.25, 0.3) is 29.5 Å². The Balaban J connectivity index is 0.000000317. The summed E-state index contributed by atoms with van der Waals surface area (Å²) < 4.78 is 15.7. The Morgan fingerprint density at radius 1 is 0.412 bits per heavy atom. The number of hydrogen-bond donors (Lipinski definition) is 7. The Morgan fingerprint density at radius 2 is 0.691 bits per heavy atom. The van der Waals surface area contributed by atoms with Gasteiger partial charge in [0.2, 0.25) is 0 Å². The maximum Gasteiger partial charge on any atom is 0.407 e. The molecule has 0 spiro atoms. The number of benzene rings is 5. The van der Waals surface area contributed by atoms with Crippen LogP contribution in [0.1, 0.15) is 219 Å². The Labute approximate surface area is 581 Å². The van der Waals surface area contributed by atoms with Crippen molar-refractivity contribution in [1.29, 1.82) is 0 Å². The standard InChI is InChI=1S/C17H26N2O3.C17H26N2O2.C16H24N2O2.2C14H22N2O/c1-12(2)13-6-8-14(9-7-13)15(20)18-10-11-19-16(21)22-17(3,4)5;1-14(2)15-4-6-16(7-5-15)17(20)18-8-3-9-19-10-12-21-13-11-19;1-13(2)14-3-5-15(6-4-14)16(19)17-7-8-18-9-11-20-12-10-18;1-11(2)12-5-7-13(8-6-12)14(17)15-9-10-16(3)4;1-10(2)11-5-7-12(8-6-11)13(17)16-9-14(3,4)15/h6-9,12H,10-11H2,1-5H3,(H,18,20)(H,19,21);4-7,14H,3,8-13H2,1-2H3,(H,18,20);3-6,13H,7-12H2,1-2H3,(H,17,19);5-8,11H,9-10H2,1-4H3,(H,15,17);5-8,10H,9,15H2,1-4H3,(H,16,17). The zero-order valence-electron chi connectivity index (χ0n) is 61.8. The van der Waals surface area contributed by atoms with Gasteiger partial charge in [0.1, 0.15) is 5.60 Å². The molecule has 0 unspecified atom stereocenters. The van der Waals surface area contributed by atoms with E-state index in [9.17, 15) is 28.8 Å². The van der Waals surface area contributed by atoms with E-state index >= 15 is 0 Å². The van der Waals surface area contributed by atoms with Crippen molar-refractivity contribution in [2.24, 2.45) is 5.73 Å². The fourth-order valence-electron chi connectivity index (χ4n) is 9.44. The number of rotatable bonds is 25. The van der Waals surface area contributed by atoms with Crippen LogP contribution in [0.5, 0.6) is 0 Å². The number of amides is 6. The first-order valence-electron chi connectivity index (χ1n) is 34.7. The van der Waals surface area contributed by atoms with E-state index in [4.69, 9.17) is 19.9 Å². The molecule has 97 heavy (non-hydrogen) atoms. The van der Waals surface area contributed by atoms with Gasteiger partial charge in [0.15, 0.2) is 0 Å². The van der Waals surface area contributed by atoms with Crippen LogP contribution < -0.4 is 37.6 Å². The first-order chi connectivity index (χ1) is 45.8. The van der Waals surface area contributed by atoms with E-state index in [-0.39, 0.29) is 35.1 Å². The summed E-state index contributed by atoms with van der Waals surface area (Å²) in [5.41, 5.74) is 14.6. The van der Waals surface area contributed by atoms with Crippen LogP contribution in [-0.4, -0.2) is 187 Å². The van der Waals surface area contributed by atoms with Crippen LogP contribution in [0.4, 0.5) is 4.79 Å². The van der Waals surface area contributed by atoms with Gasteiger partial charge in [-0.15, -0.1) is 0 Å². The predicted molar refractivity (Wildman–Crippen MR) is 395 cm³/mol. The maximum absolute atomic E-state index is 12.0. The number of nitrogens with zero attached hydrogens (tertiary/aromatic N) is 3. The first-order valence-corrected chi connectivity index (χ1v) is 34.7. The predicted octanol–water partition coefficient (Wildman–Crippen LogP) is 11.6. The van der Waals surface area contributed by atoms with Crippen molar-refractivity contribution in [2.45, 2.75) is 151 Å². The molecule has 0 bridgehead atoms. The van der Waals surface area contributed by atoms with E-state index in [1.165, 1.54) is 27.8 Å². The zero-order chi connectivity index (χ0) is 72.1. The molecule has 19 heteroatoms. The molecule has 0 saturated carbocycles. The molecule has 7 rings (SSSR count). The van der Waals surface area contributed by atoms with Crippen molar-refractivity contribution in [2.75, 3.05) is 126 Å². The highest BCUT2D eigenvalue weighted by Crippen LogP contribution is 2.19. The molecule has 536 valence electrons. The van der Waals surface area contributed by atoms with Gasteiger partial charge in [-0.3, -0.25) is 33.8 Å². The molecule has 2 aliphatic rings. The number of alkyl carbamates (subject to hydrolysis) is 1. The van der Waals surface area contributed by atoms with Gasteiger partial charge in [0.05, 0.1) is 26.4 Å². The van der Waals surface area contributed by atoms with E-state index in [2.05, 4.69) is 111 Å². The minimum Gasteiger partial charge on any atom is -0.444 e. The van der Waals surface area contributed by atoms with Gasteiger partial charge in [-0.1, -0.05) is 130 Å². The van der Waals surface area contributed by atoms with Crippen LogP contribution in [-0.2, 0) is 14.2 Å². The number of carbonyl (C=O) groups excluding carboxylic acids is 6. The second-order valence-corrected chi connectivity index (χ2v) is 28.1.